The van der Waals surface area contributed by atoms with Crippen LogP contribution in [0.4, 0.5) is 5.82 Å². The number of anilines is 1. The van der Waals surface area contributed by atoms with Crippen LogP contribution in [0.1, 0.15) is 24.0 Å². The average Bonchev–Trinajstić information content (AvgIpc) is 2.38. The average molecular weight is 408 g/mol. The molecule has 0 aliphatic rings. The van der Waals surface area contributed by atoms with Gasteiger partial charge in [0.1, 0.15) is 11.6 Å². The smallest absolute Gasteiger partial charge is 0.140 e. The van der Waals surface area contributed by atoms with E-state index in [1.165, 1.54) is 0 Å². The number of nitrogens with two attached hydrogens (primary N) is 1. The summed E-state index contributed by atoms with van der Waals surface area (Å²) < 4.78 is 0.911. The van der Waals surface area contributed by atoms with Crippen LogP contribution >= 0.6 is 45.8 Å². The number of hydrogen-bond donors (Lipinski definition) is 1. The van der Waals surface area contributed by atoms with Crippen LogP contribution in [-0.2, 0) is 12.8 Å². The van der Waals surface area contributed by atoms with E-state index in [4.69, 9.17) is 28.9 Å². The van der Waals surface area contributed by atoms with Crippen molar-refractivity contribution < 1.29 is 0 Å². The molecule has 0 atom stereocenters. The van der Waals surface area contributed by atoms with E-state index in [0.717, 1.165) is 21.2 Å². The maximum Gasteiger partial charge on any atom is 0.140 e. The molecule has 2 aromatic rings. The summed E-state index contributed by atoms with van der Waals surface area (Å²) in [6, 6.07) is 5.42. The van der Waals surface area contributed by atoms with E-state index in [2.05, 4.69) is 32.6 Å². The first-order chi connectivity index (χ1) is 9.02. The summed E-state index contributed by atoms with van der Waals surface area (Å²) >= 11 is 14.5. The van der Waals surface area contributed by atoms with Gasteiger partial charge in [-0.2, -0.15) is 0 Å². The minimum atomic E-state index is 0.479. The van der Waals surface area contributed by atoms with Gasteiger partial charge < -0.3 is 5.73 Å². The van der Waals surface area contributed by atoms with Gasteiger partial charge in [-0.25, -0.2) is 9.97 Å². The number of hydrogen-bond acceptors (Lipinski definition) is 3. The highest BCUT2D eigenvalue weighted by Gasteiger charge is 2.12. The molecule has 0 aliphatic carbocycles. The van der Waals surface area contributed by atoms with Crippen LogP contribution in [0.2, 0.25) is 10.0 Å². The summed E-state index contributed by atoms with van der Waals surface area (Å²) in [6.07, 6.45) is 1.29. The van der Waals surface area contributed by atoms with Crippen LogP contribution in [0.25, 0.3) is 0 Å². The molecule has 1 heterocycles. The van der Waals surface area contributed by atoms with Gasteiger partial charge in [-0.15, -0.1) is 0 Å². The van der Waals surface area contributed by atoms with Gasteiger partial charge in [-0.1, -0.05) is 36.2 Å². The Labute approximate surface area is 135 Å². The third-order valence-electron chi connectivity index (χ3n) is 2.72. The van der Waals surface area contributed by atoms with Crippen LogP contribution in [0.5, 0.6) is 0 Å². The van der Waals surface area contributed by atoms with E-state index in [0.29, 0.717) is 28.1 Å². The van der Waals surface area contributed by atoms with Gasteiger partial charge in [-0.3, -0.25) is 0 Å². The second-order valence-electron chi connectivity index (χ2n) is 4.02. The van der Waals surface area contributed by atoms with Crippen molar-refractivity contribution in [1.82, 2.24) is 9.97 Å². The topological polar surface area (TPSA) is 51.8 Å². The number of aromatic nitrogens is 2. The Kier molecular flexibility index (Phi) is 4.86. The third kappa shape index (κ3) is 3.30. The number of halogens is 3. The highest BCUT2D eigenvalue weighted by atomic mass is 127. The molecule has 6 heteroatoms. The first-order valence-corrected chi connectivity index (χ1v) is 7.60. The zero-order valence-electron chi connectivity index (χ0n) is 10.3. The highest BCUT2D eigenvalue weighted by Crippen LogP contribution is 2.27. The van der Waals surface area contributed by atoms with Crippen LogP contribution in [-0.4, -0.2) is 9.97 Å². The molecular weight excluding hydrogens is 396 g/mol. The lowest BCUT2D eigenvalue weighted by Gasteiger charge is -2.09. The predicted molar refractivity (Wildman–Crippen MR) is 87.8 cm³/mol. The number of aryl methyl sites for hydroxylation is 1. The maximum absolute atomic E-state index is 6.15. The normalized spacial score (nSPS) is 10.7. The molecule has 2 rings (SSSR count). The van der Waals surface area contributed by atoms with Gasteiger partial charge in [0.15, 0.2) is 0 Å². The zero-order valence-corrected chi connectivity index (χ0v) is 13.9. The fourth-order valence-corrected chi connectivity index (χ4v) is 2.89. The van der Waals surface area contributed by atoms with E-state index in [-0.39, 0.29) is 0 Å². The second kappa shape index (κ2) is 6.24. The molecule has 0 amide bonds. The Bertz CT molecular complexity index is 597. The largest absolute Gasteiger partial charge is 0.383 e. The lowest BCUT2D eigenvalue weighted by atomic mass is 10.1. The summed E-state index contributed by atoms with van der Waals surface area (Å²) in [5.41, 5.74) is 7.68. The zero-order chi connectivity index (χ0) is 14.0. The summed E-state index contributed by atoms with van der Waals surface area (Å²) in [6.45, 7) is 2.04. The molecule has 0 saturated heterocycles. The molecule has 0 unspecified atom stereocenters. The number of rotatable bonds is 3. The minimum absolute atomic E-state index is 0.479. The molecule has 1 aromatic heterocycles. The van der Waals surface area contributed by atoms with Crippen molar-refractivity contribution >= 4 is 51.6 Å². The summed E-state index contributed by atoms with van der Waals surface area (Å²) in [5, 5.41) is 1.23. The van der Waals surface area contributed by atoms with Gasteiger partial charge in [0, 0.05) is 16.5 Å². The van der Waals surface area contributed by atoms with Gasteiger partial charge in [0.2, 0.25) is 0 Å². The third-order valence-corrected chi connectivity index (χ3v) is 4.61. The fourth-order valence-electron chi connectivity index (χ4n) is 1.74. The number of benzene rings is 1. The molecular formula is C13H12Cl2IN3. The van der Waals surface area contributed by atoms with Crippen LogP contribution in [0, 0.1) is 3.57 Å². The lowest BCUT2D eigenvalue weighted by Crippen LogP contribution is -2.07. The molecule has 0 fully saturated rings. The van der Waals surface area contributed by atoms with Gasteiger partial charge in [0.25, 0.3) is 0 Å². The molecule has 0 aliphatic heterocycles. The van der Waals surface area contributed by atoms with Crippen molar-refractivity contribution in [1.29, 1.82) is 0 Å². The fraction of sp³-hybridized carbons (Fsp3) is 0.231. The van der Waals surface area contributed by atoms with Gasteiger partial charge in [-0.05, 0) is 46.7 Å². The van der Waals surface area contributed by atoms with Crippen LogP contribution in [0.15, 0.2) is 18.2 Å². The molecule has 0 radical (unpaired) electrons. The Morgan fingerprint density at radius 3 is 2.42 bits per heavy atom. The van der Waals surface area contributed by atoms with Gasteiger partial charge >= 0.3 is 0 Å². The van der Waals surface area contributed by atoms with Crippen molar-refractivity contribution in [2.75, 3.05) is 5.73 Å². The number of nitrogens with zero attached hydrogens (tertiary/aromatic N) is 2. The minimum Gasteiger partial charge on any atom is -0.383 e. The second-order valence-corrected chi connectivity index (χ2v) is 5.91. The molecule has 2 N–H and O–H groups in total. The predicted octanol–water partition coefficient (Wildman–Crippen LogP) is 4.12. The molecule has 1 aromatic carbocycles. The van der Waals surface area contributed by atoms with Crippen molar-refractivity contribution in [3.05, 3.63) is 48.9 Å². The number of nitrogen functional groups attached to an aromatic ring is 1. The van der Waals surface area contributed by atoms with Crippen LogP contribution < -0.4 is 5.73 Å². The van der Waals surface area contributed by atoms with E-state index >= 15 is 0 Å². The van der Waals surface area contributed by atoms with E-state index in [1.807, 2.05) is 13.0 Å². The molecule has 3 nitrogen and oxygen atoms in total. The first-order valence-electron chi connectivity index (χ1n) is 5.76. The Balaban J connectivity index is 2.41. The molecule has 100 valence electrons. The molecule has 19 heavy (non-hydrogen) atoms. The SMILES string of the molecule is CCc1nc(Cc2c(Cl)cccc2Cl)nc(N)c1I. The molecule has 0 bridgehead atoms. The first kappa shape index (κ1) is 14.8. The Morgan fingerprint density at radius 1 is 1.21 bits per heavy atom. The van der Waals surface area contributed by atoms with E-state index < -0.39 is 0 Å². The lowest BCUT2D eigenvalue weighted by molar-refractivity contribution is 0.901. The summed E-state index contributed by atoms with van der Waals surface area (Å²) in [7, 11) is 0. The molecule has 0 saturated carbocycles. The monoisotopic (exact) mass is 407 g/mol. The quantitative estimate of drug-likeness (QED) is 0.778. The van der Waals surface area contributed by atoms with Crippen molar-refractivity contribution in [3.8, 4) is 0 Å². The van der Waals surface area contributed by atoms with E-state index in [9.17, 15) is 0 Å². The molecule has 0 spiro atoms. The Hall–Kier alpha value is -0.590. The standard InChI is InChI=1S/C13H12Cl2IN3/c1-2-10-12(16)13(17)19-11(18-10)6-7-8(14)4-3-5-9(7)15/h3-5H,2,6H2,1H3,(H2,17,18,19). The van der Waals surface area contributed by atoms with Crippen molar-refractivity contribution in [2.24, 2.45) is 0 Å². The highest BCUT2D eigenvalue weighted by molar-refractivity contribution is 14.1. The van der Waals surface area contributed by atoms with Gasteiger partial charge in [0.05, 0.1) is 9.26 Å². The summed E-state index contributed by atoms with van der Waals surface area (Å²) in [4.78, 5) is 8.81. The van der Waals surface area contributed by atoms with Crippen LogP contribution in [0.3, 0.4) is 0 Å². The Morgan fingerprint density at radius 2 is 1.84 bits per heavy atom. The van der Waals surface area contributed by atoms with Crippen molar-refractivity contribution in [3.63, 3.8) is 0 Å². The maximum atomic E-state index is 6.15. The van der Waals surface area contributed by atoms with Crippen molar-refractivity contribution in [2.45, 2.75) is 19.8 Å². The summed E-state index contributed by atoms with van der Waals surface area (Å²) in [5.74, 6) is 1.15. The van der Waals surface area contributed by atoms with E-state index in [1.54, 1.807) is 12.1 Å².